The van der Waals surface area contributed by atoms with Crippen molar-refractivity contribution < 1.29 is 27.2 Å². The van der Waals surface area contributed by atoms with Gasteiger partial charge in [0.25, 0.3) is 0 Å². The third-order valence-corrected chi connectivity index (χ3v) is 11.6. The Labute approximate surface area is 260 Å². The second-order valence-electron chi connectivity index (χ2n) is 12.7. The van der Waals surface area contributed by atoms with Gasteiger partial charge < -0.3 is 14.7 Å². The number of aromatic nitrogens is 2. The van der Waals surface area contributed by atoms with Crippen molar-refractivity contribution in [1.29, 1.82) is 0 Å². The van der Waals surface area contributed by atoms with Crippen LogP contribution in [-0.4, -0.2) is 79.2 Å². The zero-order chi connectivity index (χ0) is 31.0. The number of ether oxygens (including phenoxy) is 1. The van der Waals surface area contributed by atoms with Crippen molar-refractivity contribution in [1.82, 2.24) is 14.9 Å². The number of hydrogen-bond acceptors (Lipinski definition) is 7. The van der Waals surface area contributed by atoms with Gasteiger partial charge in [-0.25, -0.2) is 13.2 Å². The van der Waals surface area contributed by atoms with Crippen molar-refractivity contribution in [2.24, 2.45) is 0 Å². The van der Waals surface area contributed by atoms with E-state index in [0.29, 0.717) is 46.4 Å². The van der Waals surface area contributed by atoms with Gasteiger partial charge in [0, 0.05) is 63.7 Å². The first kappa shape index (κ1) is 28.6. The summed E-state index contributed by atoms with van der Waals surface area (Å²) in [5.74, 6) is 2.46. The zero-order valence-electron chi connectivity index (χ0n) is 24.4. The van der Waals surface area contributed by atoms with Crippen molar-refractivity contribution in [3.05, 3.63) is 53.6 Å². The van der Waals surface area contributed by atoms with Gasteiger partial charge in [-0.05, 0) is 67.4 Å². The Balaban J connectivity index is 1.30. The molecule has 232 valence electrons. The fraction of sp³-hybridized carbons (Fsp3) is 0.412. The Morgan fingerprint density at radius 2 is 1.91 bits per heavy atom. The number of terminal acetylenes is 1. The normalized spacial score (nSPS) is 27.7. The molecule has 0 spiro atoms. The number of alkyl halides is 1. The van der Waals surface area contributed by atoms with E-state index in [1.165, 1.54) is 24.3 Å². The molecule has 4 aromatic rings. The molecule has 5 heterocycles. The topological polar surface area (TPSA) is 78.8 Å². The Hall–Kier alpha value is -3.88. The third-order valence-electron chi connectivity index (χ3n) is 10.1. The summed E-state index contributed by atoms with van der Waals surface area (Å²) >= 11 is 0. The number of phenolic OH excluding ortho intramolecular Hbond substituents is 1. The SMILES string of the molecule is C#Cc1c(F)ccc2cc(O)cc(-c3ccc4c(N5C6CCC5CS(=O)C6)nc(OC[C@@]56CCCN5C[C@H](F)C6)nc4c3F)c12. The molecule has 45 heavy (non-hydrogen) atoms. The van der Waals surface area contributed by atoms with Crippen LogP contribution in [0.3, 0.4) is 0 Å². The Morgan fingerprint density at radius 3 is 2.69 bits per heavy atom. The molecule has 1 N–H and O–H groups in total. The minimum absolute atomic E-state index is 0.00400. The molecule has 4 aliphatic rings. The van der Waals surface area contributed by atoms with Gasteiger partial charge in [0.2, 0.25) is 0 Å². The second kappa shape index (κ2) is 10.6. The largest absolute Gasteiger partial charge is 0.508 e. The van der Waals surface area contributed by atoms with Crippen LogP contribution in [0.1, 0.15) is 37.7 Å². The fourth-order valence-corrected chi connectivity index (χ4v) is 9.80. The fourth-order valence-electron chi connectivity index (χ4n) is 8.15. The van der Waals surface area contributed by atoms with E-state index >= 15 is 4.39 Å². The molecule has 0 radical (unpaired) electrons. The Morgan fingerprint density at radius 1 is 1.11 bits per heavy atom. The molecule has 4 aliphatic heterocycles. The van der Waals surface area contributed by atoms with E-state index < -0.39 is 34.1 Å². The summed E-state index contributed by atoms with van der Waals surface area (Å²) in [6.45, 7) is 1.36. The number of hydrogen-bond donors (Lipinski definition) is 1. The molecule has 4 fully saturated rings. The maximum Gasteiger partial charge on any atom is 0.319 e. The quantitative estimate of drug-likeness (QED) is 0.293. The van der Waals surface area contributed by atoms with Crippen molar-refractivity contribution in [2.75, 3.05) is 36.1 Å². The lowest BCUT2D eigenvalue weighted by molar-refractivity contribution is 0.107. The van der Waals surface area contributed by atoms with Crippen LogP contribution in [0.15, 0.2) is 36.4 Å². The molecular weight excluding hydrogens is 601 g/mol. The summed E-state index contributed by atoms with van der Waals surface area (Å²) < 4.78 is 64.9. The monoisotopic (exact) mass is 632 g/mol. The predicted molar refractivity (Wildman–Crippen MR) is 168 cm³/mol. The smallest absolute Gasteiger partial charge is 0.319 e. The molecule has 0 aliphatic carbocycles. The molecule has 11 heteroatoms. The van der Waals surface area contributed by atoms with Gasteiger partial charge in [0.15, 0.2) is 5.82 Å². The standard InChI is InChI=1S/C34H31F3N4O3S/c1-2-24-28(36)9-4-19-12-23(42)13-27(29(19)24)25-7-8-26-31(30(25)37)38-33(44-18-34-10-3-11-40(34)15-20(35)14-34)39-32(26)41-21-5-6-22(41)17-45(43)16-21/h1,4,7-9,12-13,20-22,42H,3,5-6,10-11,14-18H2/t20-,21?,22?,34+,45?/m1/s1. The summed E-state index contributed by atoms with van der Waals surface area (Å²) in [5, 5.41) is 11.8. The van der Waals surface area contributed by atoms with Gasteiger partial charge >= 0.3 is 6.01 Å². The van der Waals surface area contributed by atoms with Crippen molar-refractivity contribution in [2.45, 2.75) is 55.9 Å². The molecule has 8 rings (SSSR count). The van der Waals surface area contributed by atoms with Crippen molar-refractivity contribution >= 4 is 38.3 Å². The number of anilines is 1. The number of fused-ring (bicyclic) bond motifs is 5. The van der Waals surface area contributed by atoms with Crippen LogP contribution in [0.2, 0.25) is 0 Å². The summed E-state index contributed by atoms with van der Waals surface area (Å²) in [7, 11) is -0.940. The lowest BCUT2D eigenvalue weighted by Crippen LogP contribution is -2.47. The number of aromatic hydroxyl groups is 1. The minimum atomic E-state index is -0.940. The van der Waals surface area contributed by atoms with Gasteiger partial charge in [0.1, 0.15) is 35.7 Å². The molecule has 0 amide bonds. The molecule has 1 aromatic heterocycles. The number of nitrogens with zero attached hydrogens (tertiary/aromatic N) is 4. The van der Waals surface area contributed by atoms with E-state index in [1.54, 1.807) is 12.1 Å². The average molecular weight is 633 g/mol. The second-order valence-corrected chi connectivity index (χ2v) is 14.3. The van der Waals surface area contributed by atoms with Gasteiger partial charge in [-0.1, -0.05) is 18.1 Å². The number of phenols is 1. The predicted octanol–water partition coefficient (Wildman–Crippen LogP) is 5.47. The molecule has 3 aromatic carbocycles. The van der Waals surface area contributed by atoms with Crippen LogP contribution in [0.5, 0.6) is 11.8 Å². The molecule has 7 nitrogen and oxygen atoms in total. The van der Waals surface area contributed by atoms with Crippen LogP contribution >= 0.6 is 0 Å². The van der Waals surface area contributed by atoms with Crippen LogP contribution < -0.4 is 9.64 Å². The highest BCUT2D eigenvalue weighted by Gasteiger charge is 2.49. The maximum atomic E-state index is 16.9. The Kier molecular flexibility index (Phi) is 6.73. The highest BCUT2D eigenvalue weighted by Crippen LogP contribution is 2.44. The van der Waals surface area contributed by atoms with Crippen LogP contribution in [-0.2, 0) is 10.8 Å². The molecular formula is C34H31F3N4O3S. The highest BCUT2D eigenvalue weighted by molar-refractivity contribution is 7.85. The lowest BCUT2D eigenvalue weighted by atomic mass is 9.93. The van der Waals surface area contributed by atoms with Crippen LogP contribution in [0.25, 0.3) is 32.8 Å². The van der Waals surface area contributed by atoms with Gasteiger partial charge in [-0.2, -0.15) is 9.97 Å². The van der Waals surface area contributed by atoms with E-state index in [-0.39, 0.29) is 52.7 Å². The number of rotatable bonds is 5. The van der Waals surface area contributed by atoms with Crippen molar-refractivity contribution in [3.8, 4) is 35.2 Å². The molecule has 4 atom stereocenters. The zero-order valence-corrected chi connectivity index (χ0v) is 25.3. The molecule has 2 bridgehead atoms. The van der Waals surface area contributed by atoms with E-state index in [9.17, 15) is 18.1 Å². The van der Waals surface area contributed by atoms with E-state index in [1.807, 2.05) is 0 Å². The Bertz CT molecular complexity index is 1930. The summed E-state index contributed by atoms with van der Waals surface area (Å²) in [5.41, 5.74) is -0.163. The average Bonchev–Trinajstić information content (AvgIpc) is 3.63. The highest BCUT2D eigenvalue weighted by atomic mass is 32.2. The van der Waals surface area contributed by atoms with Gasteiger partial charge in [-0.3, -0.25) is 9.11 Å². The van der Waals surface area contributed by atoms with E-state index in [2.05, 4.69) is 20.7 Å². The third kappa shape index (κ3) is 4.56. The van der Waals surface area contributed by atoms with Gasteiger partial charge in [-0.15, -0.1) is 6.42 Å². The molecule has 0 saturated carbocycles. The molecule has 2 unspecified atom stereocenters. The number of benzene rings is 3. The van der Waals surface area contributed by atoms with Crippen LogP contribution in [0.4, 0.5) is 19.0 Å². The molecule has 4 saturated heterocycles. The van der Waals surface area contributed by atoms with E-state index in [0.717, 1.165) is 32.2 Å². The van der Waals surface area contributed by atoms with Crippen molar-refractivity contribution in [3.63, 3.8) is 0 Å². The van der Waals surface area contributed by atoms with E-state index in [4.69, 9.17) is 16.1 Å². The lowest BCUT2D eigenvalue weighted by Gasteiger charge is -2.36. The minimum Gasteiger partial charge on any atom is -0.508 e. The summed E-state index contributed by atoms with van der Waals surface area (Å²) in [4.78, 5) is 13.7. The maximum absolute atomic E-state index is 16.9. The number of halogens is 3. The summed E-state index contributed by atoms with van der Waals surface area (Å²) in [6.07, 6.45) is 8.58. The first-order chi connectivity index (χ1) is 21.7. The van der Waals surface area contributed by atoms with Crippen LogP contribution in [0, 0.1) is 24.0 Å². The van der Waals surface area contributed by atoms with Gasteiger partial charge in [0.05, 0.1) is 11.1 Å². The first-order valence-corrected chi connectivity index (χ1v) is 16.8. The first-order valence-electron chi connectivity index (χ1n) is 15.3. The summed E-state index contributed by atoms with van der Waals surface area (Å²) in [6, 6.07) is 8.80.